The molecule has 5 nitrogen and oxygen atoms in total. The average molecular weight is 389 g/mol. The molecule has 2 aromatic carbocycles. The van der Waals surface area contributed by atoms with Gasteiger partial charge in [-0.3, -0.25) is 14.6 Å². The molecule has 0 bridgehead atoms. The van der Waals surface area contributed by atoms with E-state index in [1.54, 1.807) is 7.05 Å². The van der Waals surface area contributed by atoms with Gasteiger partial charge in [0, 0.05) is 23.8 Å². The molecule has 1 N–H and O–H groups in total. The summed E-state index contributed by atoms with van der Waals surface area (Å²) in [4.78, 5) is 31.4. The first-order chi connectivity index (χ1) is 13.8. The Kier molecular flexibility index (Phi) is 5.97. The average Bonchev–Trinajstić information content (AvgIpc) is 2.68. The Hall–Kier alpha value is -3.21. The SMILES string of the molecule is Cc1cccc(C)c1NC(=O)CN(C)C(=O)Cc1c(C)nc2ccccc2c1C. The van der Waals surface area contributed by atoms with Gasteiger partial charge in [-0.05, 0) is 56.0 Å². The van der Waals surface area contributed by atoms with E-state index in [-0.39, 0.29) is 24.8 Å². The van der Waals surface area contributed by atoms with Crippen LogP contribution < -0.4 is 5.32 Å². The zero-order chi connectivity index (χ0) is 21.1. The molecule has 3 rings (SSSR count). The molecule has 0 atom stereocenters. The van der Waals surface area contributed by atoms with Crippen LogP contribution in [0.3, 0.4) is 0 Å². The summed E-state index contributed by atoms with van der Waals surface area (Å²) in [6, 6.07) is 13.8. The molecule has 0 unspecified atom stereocenters. The van der Waals surface area contributed by atoms with E-state index in [0.717, 1.165) is 44.5 Å². The van der Waals surface area contributed by atoms with Crippen molar-refractivity contribution in [2.24, 2.45) is 0 Å². The van der Waals surface area contributed by atoms with Crippen LogP contribution in [0, 0.1) is 27.7 Å². The summed E-state index contributed by atoms with van der Waals surface area (Å²) in [5.41, 5.74) is 6.58. The van der Waals surface area contributed by atoms with Crippen LogP contribution in [0.25, 0.3) is 10.9 Å². The van der Waals surface area contributed by atoms with Crippen LogP contribution >= 0.6 is 0 Å². The molecular weight excluding hydrogens is 362 g/mol. The van der Waals surface area contributed by atoms with Gasteiger partial charge < -0.3 is 10.2 Å². The van der Waals surface area contributed by atoms with Gasteiger partial charge in [0.1, 0.15) is 0 Å². The minimum Gasteiger partial charge on any atom is -0.336 e. The van der Waals surface area contributed by atoms with E-state index >= 15 is 0 Å². The Morgan fingerprint density at radius 2 is 1.62 bits per heavy atom. The third kappa shape index (κ3) is 4.45. The molecule has 0 saturated carbocycles. The molecule has 0 fully saturated rings. The first kappa shape index (κ1) is 20.5. The lowest BCUT2D eigenvalue weighted by Crippen LogP contribution is -2.36. The summed E-state index contributed by atoms with van der Waals surface area (Å²) in [5, 5.41) is 3.98. The van der Waals surface area contributed by atoms with Gasteiger partial charge in [-0.1, -0.05) is 36.4 Å². The second-order valence-corrected chi connectivity index (χ2v) is 7.56. The van der Waals surface area contributed by atoms with Gasteiger partial charge in [-0.15, -0.1) is 0 Å². The minimum absolute atomic E-state index is 0.00567. The van der Waals surface area contributed by atoms with Crippen molar-refractivity contribution in [2.75, 3.05) is 18.9 Å². The fraction of sp³-hybridized carbons (Fsp3) is 0.292. The molecule has 0 spiro atoms. The number of aryl methyl sites for hydroxylation is 4. The summed E-state index contributed by atoms with van der Waals surface area (Å²) in [6.45, 7) is 7.86. The van der Waals surface area contributed by atoms with E-state index in [9.17, 15) is 9.59 Å². The highest BCUT2D eigenvalue weighted by molar-refractivity contribution is 5.96. The smallest absolute Gasteiger partial charge is 0.243 e. The van der Waals surface area contributed by atoms with Crippen molar-refractivity contribution in [3.63, 3.8) is 0 Å². The van der Waals surface area contributed by atoms with Gasteiger partial charge in [0.2, 0.25) is 11.8 Å². The predicted molar refractivity (Wildman–Crippen MR) is 117 cm³/mol. The number of likely N-dealkylation sites (N-methyl/N-ethyl adjacent to an activating group) is 1. The van der Waals surface area contributed by atoms with E-state index in [1.165, 1.54) is 4.90 Å². The van der Waals surface area contributed by atoms with Gasteiger partial charge in [0.25, 0.3) is 0 Å². The fourth-order valence-corrected chi connectivity index (χ4v) is 3.61. The number of benzene rings is 2. The quantitative estimate of drug-likeness (QED) is 0.714. The summed E-state index contributed by atoms with van der Waals surface area (Å²) in [7, 11) is 1.66. The maximum Gasteiger partial charge on any atom is 0.243 e. The number of fused-ring (bicyclic) bond motifs is 1. The van der Waals surface area contributed by atoms with Crippen LogP contribution in [-0.4, -0.2) is 35.3 Å². The zero-order valence-electron chi connectivity index (χ0n) is 17.7. The minimum atomic E-state index is -0.205. The third-order valence-corrected chi connectivity index (χ3v) is 5.37. The molecule has 5 heteroatoms. The van der Waals surface area contributed by atoms with Crippen molar-refractivity contribution in [1.82, 2.24) is 9.88 Å². The predicted octanol–water partition coefficient (Wildman–Crippen LogP) is 4.11. The van der Waals surface area contributed by atoms with Crippen LogP contribution in [0.5, 0.6) is 0 Å². The van der Waals surface area contributed by atoms with Gasteiger partial charge >= 0.3 is 0 Å². The second kappa shape index (κ2) is 8.43. The first-order valence-corrected chi connectivity index (χ1v) is 9.72. The highest BCUT2D eigenvalue weighted by Gasteiger charge is 2.18. The number of pyridine rings is 1. The summed E-state index contributed by atoms with van der Waals surface area (Å²) in [6.07, 6.45) is 0.225. The Morgan fingerprint density at radius 3 is 2.31 bits per heavy atom. The van der Waals surface area contributed by atoms with Crippen molar-refractivity contribution in [1.29, 1.82) is 0 Å². The van der Waals surface area contributed by atoms with Gasteiger partial charge in [-0.25, -0.2) is 0 Å². The molecular formula is C24H27N3O2. The summed E-state index contributed by atoms with van der Waals surface area (Å²) in [5.74, 6) is -0.312. The number of aromatic nitrogens is 1. The highest BCUT2D eigenvalue weighted by Crippen LogP contribution is 2.23. The molecule has 29 heavy (non-hydrogen) atoms. The molecule has 1 heterocycles. The maximum absolute atomic E-state index is 12.8. The normalized spacial score (nSPS) is 10.8. The van der Waals surface area contributed by atoms with E-state index in [4.69, 9.17) is 0 Å². The topological polar surface area (TPSA) is 62.3 Å². The van der Waals surface area contributed by atoms with Crippen LogP contribution in [0.15, 0.2) is 42.5 Å². The van der Waals surface area contributed by atoms with Crippen LogP contribution in [0.4, 0.5) is 5.69 Å². The zero-order valence-corrected chi connectivity index (χ0v) is 17.7. The number of nitrogens with one attached hydrogen (secondary N) is 1. The van der Waals surface area contributed by atoms with E-state index in [0.29, 0.717) is 0 Å². The van der Waals surface area contributed by atoms with Crippen molar-refractivity contribution < 1.29 is 9.59 Å². The van der Waals surface area contributed by atoms with Crippen molar-refractivity contribution in [3.8, 4) is 0 Å². The standard InChI is InChI=1S/C24H27N3O2/c1-15-9-8-10-16(2)24(15)26-22(28)14-27(5)23(29)13-20-17(3)19-11-6-7-12-21(19)25-18(20)4/h6-12H,13-14H2,1-5H3,(H,26,28). The number of anilines is 1. The lowest BCUT2D eigenvalue weighted by Gasteiger charge is -2.19. The number of hydrogen-bond acceptors (Lipinski definition) is 3. The monoisotopic (exact) mass is 389 g/mol. The highest BCUT2D eigenvalue weighted by atomic mass is 16.2. The molecule has 150 valence electrons. The number of carbonyl (C=O) groups is 2. The van der Waals surface area contributed by atoms with Crippen molar-refractivity contribution >= 4 is 28.4 Å². The number of para-hydroxylation sites is 2. The summed E-state index contributed by atoms with van der Waals surface area (Å²) < 4.78 is 0. The molecule has 0 aliphatic heterocycles. The third-order valence-electron chi connectivity index (χ3n) is 5.37. The Balaban J connectivity index is 1.71. The van der Waals surface area contributed by atoms with E-state index < -0.39 is 0 Å². The molecule has 0 saturated heterocycles. The number of nitrogens with zero attached hydrogens (tertiary/aromatic N) is 2. The largest absolute Gasteiger partial charge is 0.336 e. The molecule has 0 aliphatic rings. The Labute approximate surface area is 171 Å². The number of hydrogen-bond donors (Lipinski definition) is 1. The maximum atomic E-state index is 12.8. The fourth-order valence-electron chi connectivity index (χ4n) is 3.61. The molecule has 1 aromatic heterocycles. The van der Waals surface area contributed by atoms with Crippen LogP contribution in [0.1, 0.15) is 27.9 Å². The van der Waals surface area contributed by atoms with Crippen LogP contribution in [-0.2, 0) is 16.0 Å². The molecule has 2 amide bonds. The summed E-state index contributed by atoms with van der Waals surface area (Å²) >= 11 is 0. The Bertz CT molecular complexity index is 1070. The van der Waals surface area contributed by atoms with E-state index in [2.05, 4.69) is 10.3 Å². The van der Waals surface area contributed by atoms with Gasteiger partial charge in [-0.2, -0.15) is 0 Å². The molecule has 0 radical (unpaired) electrons. The molecule has 3 aromatic rings. The van der Waals surface area contributed by atoms with Gasteiger partial charge in [0.15, 0.2) is 0 Å². The second-order valence-electron chi connectivity index (χ2n) is 7.56. The number of amides is 2. The lowest BCUT2D eigenvalue weighted by molar-refractivity contribution is -0.132. The van der Waals surface area contributed by atoms with E-state index in [1.807, 2.05) is 70.2 Å². The number of carbonyl (C=O) groups excluding carboxylic acids is 2. The van der Waals surface area contributed by atoms with Crippen molar-refractivity contribution in [2.45, 2.75) is 34.1 Å². The first-order valence-electron chi connectivity index (χ1n) is 9.72. The van der Waals surface area contributed by atoms with Crippen LogP contribution in [0.2, 0.25) is 0 Å². The Morgan fingerprint density at radius 1 is 0.966 bits per heavy atom. The molecule has 0 aliphatic carbocycles. The number of rotatable bonds is 5. The lowest BCUT2D eigenvalue weighted by atomic mass is 9.99. The van der Waals surface area contributed by atoms with Gasteiger partial charge in [0.05, 0.1) is 18.5 Å². The van der Waals surface area contributed by atoms with Crippen molar-refractivity contribution in [3.05, 3.63) is 70.4 Å².